The van der Waals surface area contributed by atoms with Crippen LogP contribution in [-0.4, -0.2) is 17.8 Å². The van der Waals surface area contributed by atoms with Gasteiger partial charge in [0.05, 0.1) is 6.04 Å². The van der Waals surface area contributed by atoms with Crippen molar-refractivity contribution in [3.8, 4) is 0 Å². The zero-order valence-corrected chi connectivity index (χ0v) is 14.2. The zero-order chi connectivity index (χ0) is 18.4. The minimum atomic E-state index is -1.28. The Balaban J connectivity index is 2.14. The molecule has 0 aliphatic carbocycles. The van der Waals surface area contributed by atoms with Crippen LogP contribution >= 0.6 is 11.6 Å². The Labute approximate surface area is 149 Å². The number of nitrogens with one attached hydrogen (secondary N) is 2. The smallest absolute Gasteiger partial charge is 0.251 e. The summed E-state index contributed by atoms with van der Waals surface area (Å²) in [6, 6.07) is 12.0. The first-order valence-electron chi connectivity index (χ1n) is 7.49. The molecule has 0 saturated carbocycles. The molecular weight excluding hydrogens is 344 g/mol. The van der Waals surface area contributed by atoms with E-state index in [0.29, 0.717) is 21.8 Å². The van der Waals surface area contributed by atoms with Crippen molar-refractivity contribution in [2.75, 3.05) is 5.32 Å². The molecule has 6 nitrogen and oxygen atoms in total. The Morgan fingerprint density at radius 1 is 1.04 bits per heavy atom. The quantitative estimate of drug-likeness (QED) is 0.823. The van der Waals surface area contributed by atoms with E-state index in [2.05, 4.69) is 10.6 Å². The molecule has 0 unspecified atom stereocenters. The maximum Gasteiger partial charge on any atom is 0.251 e. The van der Waals surface area contributed by atoms with Crippen molar-refractivity contribution in [3.63, 3.8) is 0 Å². The number of rotatable bonds is 6. The Morgan fingerprint density at radius 3 is 2.16 bits per heavy atom. The lowest BCUT2D eigenvalue weighted by Gasteiger charge is -2.20. The molecule has 0 saturated heterocycles. The molecule has 7 heteroatoms. The van der Waals surface area contributed by atoms with Gasteiger partial charge in [0, 0.05) is 35.6 Å². The van der Waals surface area contributed by atoms with Crippen molar-refractivity contribution >= 4 is 35.1 Å². The highest BCUT2D eigenvalue weighted by Gasteiger charge is 2.16. The summed E-state index contributed by atoms with van der Waals surface area (Å²) in [7, 11) is 0. The first kappa shape index (κ1) is 18.5. The molecule has 2 amide bonds. The van der Waals surface area contributed by atoms with Crippen molar-refractivity contribution in [1.82, 2.24) is 5.32 Å². The molecule has 0 aliphatic heterocycles. The minimum Gasteiger partial charge on any atom is -0.550 e. The molecule has 0 spiro atoms. The Bertz CT molecular complexity index is 773. The molecule has 0 fully saturated rings. The number of carbonyl (C=O) groups is 3. The summed E-state index contributed by atoms with van der Waals surface area (Å²) >= 11 is 5.83. The fourth-order valence-electron chi connectivity index (χ4n) is 2.26. The number of carbonyl (C=O) groups excluding carboxylic acids is 3. The number of hydrogen-bond donors (Lipinski definition) is 2. The molecular formula is C18H16ClN2O4-. The van der Waals surface area contributed by atoms with Gasteiger partial charge in [-0.3, -0.25) is 9.59 Å². The van der Waals surface area contributed by atoms with Crippen LogP contribution < -0.4 is 15.7 Å². The lowest BCUT2D eigenvalue weighted by atomic mass is 10.0. The van der Waals surface area contributed by atoms with E-state index in [1.54, 1.807) is 48.5 Å². The minimum absolute atomic E-state index is 0.214. The fourth-order valence-corrected chi connectivity index (χ4v) is 2.39. The first-order chi connectivity index (χ1) is 11.8. The largest absolute Gasteiger partial charge is 0.550 e. The van der Waals surface area contributed by atoms with Crippen LogP contribution in [0.5, 0.6) is 0 Å². The lowest BCUT2D eigenvalue weighted by molar-refractivity contribution is -0.306. The third-order valence-corrected chi connectivity index (χ3v) is 3.67. The topological polar surface area (TPSA) is 98.3 Å². The standard InChI is InChI=1S/C18H17ClN2O4/c1-11(22)20-15-8-4-13(5-9-15)18(25)21-16(10-17(23)24)12-2-6-14(19)7-3-12/h2-9,16H,10H2,1H3,(H,20,22)(H,21,25)(H,23,24)/p-1/t16-/m0/s1. The summed E-state index contributed by atoms with van der Waals surface area (Å²) in [5.74, 6) is -1.93. The Morgan fingerprint density at radius 2 is 1.64 bits per heavy atom. The zero-order valence-electron chi connectivity index (χ0n) is 13.4. The van der Waals surface area contributed by atoms with E-state index in [4.69, 9.17) is 11.6 Å². The van der Waals surface area contributed by atoms with E-state index in [0.717, 1.165) is 0 Å². The van der Waals surface area contributed by atoms with Crippen molar-refractivity contribution in [1.29, 1.82) is 0 Å². The predicted molar refractivity (Wildman–Crippen MR) is 92.0 cm³/mol. The van der Waals surface area contributed by atoms with Gasteiger partial charge >= 0.3 is 0 Å². The molecule has 0 aromatic heterocycles. The van der Waals surface area contributed by atoms with Gasteiger partial charge < -0.3 is 20.5 Å². The van der Waals surface area contributed by atoms with Gasteiger partial charge in [0.25, 0.3) is 5.91 Å². The number of carboxylic acids is 1. The molecule has 2 aromatic rings. The van der Waals surface area contributed by atoms with Crippen LogP contribution in [0, 0.1) is 0 Å². The predicted octanol–water partition coefficient (Wildman–Crippen LogP) is 1.91. The molecule has 0 aliphatic rings. The van der Waals surface area contributed by atoms with Crippen LogP contribution in [-0.2, 0) is 9.59 Å². The van der Waals surface area contributed by atoms with Gasteiger partial charge in [-0.2, -0.15) is 0 Å². The third kappa shape index (κ3) is 5.61. The highest BCUT2D eigenvalue weighted by atomic mass is 35.5. The summed E-state index contributed by atoms with van der Waals surface area (Å²) in [5.41, 5.74) is 1.51. The van der Waals surface area contributed by atoms with Crippen LogP contribution in [0.25, 0.3) is 0 Å². The second-order valence-electron chi connectivity index (χ2n) is 5.41. The summed E-state index contributed by atoms with van der Waals surface area (Å²) in [6.07, 6.45) is -0.364. The van der Waals surface area contributed by atoms with Crippen molar-refractivity contribution in [3.05, 3.63) is 64.7 Å². The maximum absolute atomic E-state index is 12.4. The van der Waals surface area contributed by atoms with Crippen LogP contribution in [0.3, 0.4) is 0 Å². The van der Waals surface area contributed by atoms with Gasteiger partial charge in [-0.05, 0) is 42.0 Å². The van der Waals surface area contributed by atoms with Gasteiger partial charge in [-0.1, -0.05) is 23.7 Å². The Hall–Kier alpha value is -2.86. The molecule has 1 atom stereocenters. The molecule has 0 bridgehead atoms. The number of aliphatic carboxylic acids is 1. The summed E-state index contributed by atoms with van der Waals surface area (Å²) in [4.78, 5) is 34.4. The summed E-state index contributed by atoms with van der Waals surface area (Å²) in [5, 5.41) is 16.8. The van der Waals surface area contributed by atoms with Gasteiger partial charge in [0.15, 0.2) is 0 Å². The van der Waals surface area contributed by atoms with Crippen LogP contribution in [0.2, 0.25) is 5.02 Å². The highest BCUT2D eigenvalue weighted by molar-refractivity contribution is 6.30. The van der Waals surface area contributed by atoms with E-state index in [9.17, 15) is 19.5 Å². The van der Waals surface area contributed by atoms with Gasteiger partial charge in [0.2, 0.25) is 5.91 Å². The third-order valence-electron chi connectivity index (χ3n) is 3.42. The molecule has 130 valence electrons. The monoisotopic (exact) mass is 359 g/mol. The fraction of sp³-hybridized carbons (Fsp3) is 0.167. The second-order valence-corrected chi connectivity index (χ2v) is 5.85. The van der Waals surface area contributed by atoms with Gasteiger partial charge in [-0.25, -0.2) is 0 Å². The normalized spacial score (nSPS) is 11.4. The number of hydrogen-bond acceptors (Lipinski definition) is 4. The molecule has 2 aromatic carbocycles. The van der Waals surface area contributed by atoms with Crippen LogP contribution in [0.1, 0.15) is 35.3 Å². The van der Waals surface area contributed by atoms with Crippen molar-refractivity contribution < 1.29 is 19.5 Å². The average molecular weight is 360 g/mol. The van der Waals surface area contributed by atoms with E-state index in [1.165, 1.54) is 6.92 Å². The van der Waals surface area contributed by atoms with Crippen molar-refractivity contribution in [2.45, 2.75) is 19.4 Å². The number of halogens is 1. The first-order valence-corrected chi connectivity index (χ1v) is 7.87. The highest BCUT2D eigenvalue weighted by Crippen LogP contribution is 2.20. The average Bonchev–Trinajstić information content (AvgIpc) is 2.54. The van der Waals surface area contributed by atoms with E-state index < -0.39 is 17.9 Å². The molecule has 2 N–H and O–H groups in total. The van der Waals surface area contributed by atoms with Gasteiger partial charge in [0.1, 0.15) is 0 Å². The van der Waals surface area contributed by atoms with E-state index in [1.807, 2.05) is 0 Å². The number of carboxylic acid groups (broad SMARTS) is 1. The maximum atomic E-state index is 12.4. The summed E-state index contributed by atoms with van der Waals surface area (Å²) in [6.45, 7) is 1.39. The lowest BCUT2D eigenvalue weighted by Crippen LogP contribution is -2.34. The SMILES string of the molecule is CC(=O)Nc1ccc(C(=O)N[C@@H](CC(=O)[O-])c2ccc(Cl)cc2)cc1. The molecule has 0 heterocycles. The second kappa shape index (κ2) is 8.30. The van der Waals surface area contributed by atoms with E-state index in [-0.39, 0.29) is 12.3 Å². The van der Waals surface area contributed by atoms with Crippen LogP contribution in [0.15, 0.2) is 48.5 Å². The number of benzene rings is 2. The molecule has 2 rings (SSSR count). The van der Waals surface area contributed by atoms with Crippen molar-refractivity contribution in [2.24, 2.45) is 0 Å². The van der Waals surface area contributed by atoms with E-state index >= 15 is 0 Å². The molecule has 0 radical (unpaired) electrons. The molecule has 25 heavy (non-hydrogen) atoms. The van der Waals surface area contributed by atoms with Crippen LogP contribution in [0.4, 0.5) is 5.69 Å². The number of amides is 2. The Kier molecular flexibility index (Phi) is 6.14. The number of anilines is 1. The summed E-state index contributed by atoms with van der Waals surface area (Å²) < 4.78 is 0. The van der Waals surface area contributed by atoms with Gasteiger partial charge in [-0.15, -0.1) is 0 Å².